The Kier molecular flexibility index (Phi) is 5.02. The number of aliphatic hydroxyl groups is 1. The first-order valence-corrected chi connectivity index (χ1v) is 7.82. The largest absolute Gasteiger partial charge is 0.487 e. The molecule has 2 heterocycles. The maximum atomic E-state index is 9.43. The topological polar surface area (TPSA) is 96.8 Å². The molecule has 0 unspecified atom stereocenters. The summed E-state index contributed by atoms with van der Waals surface area (Å²) in [4.78, 5) is 0. The first kappa shape index (κ1) is 16.6. The average Bonchev–Trinajstić information content (AvgIpc) is 2.97. The number of nitriles is 1. The highest BCUT2D eigenvalue weighted by Crippen LogP contribution is 2.20. The molecule has 0 aliphatic carbocycles. The molecule has 3 rings (SSSR count). The van der Waals surface area contributed by atoms with Crippen molar-refractivity contribution in [3.63, 3.8) is 0 Å². The molecule has 126 valence electrons. The number of rotatable bonds is 6. The zero-order valence-corrected chi connectivity index (χ0v) is 13.8. The predicted octanol–water partition coefficient (Wildman–Crippen LogP) is 1.96. The van der Waals surface area contributed by atoms with E-state index in [0.29, 0.717) is 34.9 Å². The van der Waals surface area contributed by atoms with Crippen LogP contribution in [0.4, 0.5) is 0 Å². The molecule has 25 heavy (non-hydrogen) atoms. The molecular weight excluding hydrogens is 318 g/mol. The zero-order chi connectivity index (χ0) is 17.6. The van der Waals surface area contributed by atoms with E-state index in [1.54, 1.807) is 29.9 Å². The molecule has 0 aliphatic heterocycles. The molecule has 0 saturated heterocycles. The molecule has 7 nitrogen and oxygen atoms in total. The van der Waals surface area contributed by atoms with Gasteiger partial charge in [0.05, 0.1) is 5.69 Å². The lowest BCUT2D eigenvalue weighted by molar-refractivity contribution is 0.295. The van der Waals surface area contributed by atoms with E-state index in [1.807, 2.05) is 24.3 Å². The molecule has 3 aromatic rings. The molecular formula is C18H17N5O2. The van der Waals surface area contributed by atoms with E-state index in [9.17, 15) is 5.26 Å². The van der Waals surface area contributed by atoms with Crippen LogP contribution in [0.1, 0.15) is 22.5 Å². The lowest BCUT2D eigenvalue weighted by Gasteiger charge is -2.09. The molecule has 1 aromatic carbocycles. The number of aliphatic hydroxyl groups excluding tert-OH is 1. The molecule has 0 aliphatic rings. The minimum Gasteiger partial charge on any atom is -0.487 e. The number of aromatic nitrogens is 4. The summed E-state index contributed by atoms with van der Waals surface area (Å²) < 4.78 is 7.40. The van der Waals surface area contributed by atoms with E-state index in [-0.39, 0.29) is 13.2 Å². The summed E-state index contributed by atoms with van der Waals surface area (Å²) in [5, 5.41) is 30.7. The van der Waals surface area contributed by atoms with Gasteiger partial charge in [-0.2, -0.15) is 15.5 Å². The number of hydrogen-bond donors (Lipinski definition) is 1. The Morgan fingerprint density at radius 2 is 2.04 bits per heavy atom. The number of benzene rings is 1. The quantitative estimate of drug-likeness (QED) is 0.739. The lowest BCUT2D eigenvalue weighted by atomic mass is 10.1. The predicted molar refractivity (Wildman–Crippen MR) is 90.2 cm³/mol. The van der Waals surface area contributed by atoms with Crippen LogP contribution in [-0.2, 0) is 13.0 Å². The van der Waals surface area contributed by atoms with Crippen molar-refractivity contribution in [2.24, 2.45) is 0 Å². The van der Waals surface area contributed by atoms with Gasteiger partial charge < -0.3 is 9.84 Å². The fourth-order valence-corrected chi connectivity index (χ4v) is 2.48. The maximum Gasteiger partial charge on any atom is 0.176 e. The Hall–Kier alpha value is -3.24. The van der Waals surface area contributed by atoms with Gasteiger partial charge in [-0.3, -0.25) is 0 Å². The van der Waals surface area contributed by atoms with Gasteiger partial charge in [-0.25, -0.2) is 4.68 Å². The SMILES string of the molecule is Cc1nn(-c2cccnn2)c(COc2ccc(CCO)cc2)c1C#N. The van der Waals surface area contributed by atoms with Gasteiger partial charge in [0.15, 0.2) is 5.82 Å². The Balaban J connectivity index is 1.85. The summed E-state index contributed by atoms with van der Waals surface area (Å²) in [7, 11) is 0. The summed E-state index contributed by atoms with van der Waals surface area (Å²) in [5.74, 6) is 1.21. The van der Waals surface area contributed by atoms with Crippen LogP contribution >= 0.6 is 0 Å². The van der Waals surface area contributed by atoms with Crippen molar-refractivity contribution in [3.05, 3.63) is 65.1 Å². The highest BCUT2D eigenvalue weighted by atomic mass is 16.5. The van der Waals surface area contributed by atoms with Gasteiger partial charge in [0.2, 0.25) is 0 Å². The van der Waals surface area contributed by atoms with Crippen LogP contribution in [0.3, 0.4) is 0 Å². The molecule has 0 spiro atoms. The highest BCUT2D eigenvalue weighted by molar-refractivity contribution is 5.41. The maximum absolute atomic E-state index is 9.43. The monoisotopic (exact) mass is 335 g/mol. The molecule has 0 radical (unpaired) electrons. The second-order valence-corrected chi connectivity index (χ2v) is 5.42. The van der Waals surface area contributed by atoms with Crippen LogP contribution in [0, 0.1) is 18.3 Å². The van der Waals surface area contributed by atoms with Crippen molar-refractivity contribution < 1.29 is 9.84 Å². The molecule has 2 aromatic heterocycles. The smallest absolute Gasteiger partial charge is 0.176 e. The minimum absolute atomic E-state index is 0.113. The molecule has 7 heteroatoms. The Morgan fingerprint density at radius 1 is 1.24 bits per heavy atom. The van der Waals surface area contributed by atoms with E-state index in [4.69, 9.17) is 9.84 Å². The van der Waals surface area contributed by atoms with Gasteiger partial charge in [0, 0.05) is 12.8 Å². The molecule has 0 bridgehead atoms. The second kappa shape index (κ2) is 7.55. The van der Waals surface area contributed by atoms with E-state index in [0.717, 1.165) is 5.56 Å². The van der Waals surface area contributed by atoms with E-state index >= 15 is 0 Å². The third kappa shape index (κ3) is 3.65. The van der Waals surface area contributed by atoms with Crippen molar-refractivity contribution in [2.75, 3.05) is 6.61 Å². The fourth-order valence-electron chi connectivity index (χ4n) is 2.48. The van der Waals surface area contributed by atoms with Crippen LogP contribution < -0.4 is 4.74 Å². The van der Waals surface area contributed by atoms with Crippen LogP contribution in [0.5, 0.6) is 5.75 Å². The fraction of sp³-hybridized carbons (Fsp3) is 0.222. The molecule has 0 atom stereocenters. The van der Waals surface area contributed by atoms with E-state index < -0.39 is 0 Å². The minimum atomic E-state index is 0.113. The van der Waals surface area contributed by atoms with Crippen LogP contribution in [0.2, 0.25) is 0 Å². The van der Waals surface area contributed by atoms with Crippen molar-refractivity contribution in [1.82, 2.24) is 20.0 Å². The first-order valence-electron chi connectivity index (χ1n) is 7.82. The summed E-state index contributed by atoms with van der Waals surface area (Å²) in [6.07, 6.45) is 2.19. The Morgan fingerprint density at radius 3 is 2.68 bits per heavy atom. The Bertz CT molecular complexity index is 882. The summed E-state index contributed by atoms with van der Waals surface area (Å²) in [6.45, 7) is 2.07. The van der Waals surface area contributed by atoms with Crippen molar-refractivity contribution in [1.29, 1.82) is 5.26 Å². The number of aryl methyl sites for hydroxylation is 1. The third-order valence-corrected chi connectivity index (χ3v) is 3.74. The van der Waals surface area contributed by atoms with Gasteiger partial charge in [-0.05, 0) is 43.2 Å². The zero-order valence-electron chi connectivity index (χ0n) is 13.8. The van der Waals surface area contributed by atoms with Gasteiger partial charge in [0.25, 0.3) is 0 Å². The van der Waals surface area contributed by atoms with Gasteiger partial charge in [-0.1, -0.05) is 12.1 Å². The number of nitrogens with zero attached hydrogens (tertiary/aromatic N) is 5. The molecule has 0 amide bonds. The van der Waals surface area contributed by atoms with Crippen molar-refractivity contribution >= 4 is 0 Å². The summed E-state index contributed by atoms with van der Waals surface area (Å²) >= 11 is 0. The van der Waals surface area contributed by atoms with E-state index in [1.165, 1.54) is 0 Å². The lowest BCUT2D eigenvalue weighted by Crippen LogP contribution is -2.09. The number of hydrogen-bond acceptors (Lipinski definition) is 6. The normalized spacial score (nSPS) is 10.4. The first-order chi connectivity index (χ1) is 12.2. The van der Waals surface area contributed by atoms with Gasteiger partial charge >= 0.3 is 0 Å². The third-order valence-electron chi connectivity index (χ3n) is 3.74. The van der Waals surface area contributed by atoms with Gasteiger partial charge in [0.1, 0.15) is 29.7 Å². The van der Waals surface area contributed by atoms with Crippen molar-refractivity contribution in [2.45, 2.75) is 20.0 Å². The average molecular weight is 335 g/mol. The van der Waals surface area contributed by atoms with Crippen molar-refractivity contribution in [3.8, 4) is 17.6 Å². The highest BCUT2D eigenvalue weighted by Gasteiger charge is 2.17. The summed E-state index contributed by atoms with van der Waals surface area (Å²) in [5.41, 5.74) is 2.75. The van der Waals surface area contributed by atoms with Crippen LogP contribution in [0.25, 0.3) is 5.82 Å². The second-order valence-electron chi connectivity index (χ2n) is 5.42. The molecule has 0 saturated carbocycles. The molecule has 0 fully saturated rings. The van der Waals surface area contributed by atoms with Crippen LogP contribution in [-0.4, -0.2) is 31.7 Å². The van der Waals surface area contributed by atoms with Gasteiger partial charge in [-0.15, -0.1) is 5.10 Å². The summed E-state index contributed by atoms with van der Waals surface area (Å²) in [6, 6.07) is 13.2. The molecule has 1 N–H and O–H groups in total. The standard InChI is InChI=1S/C18H17N5O2/c1-13-16(11-19)17(23(22-13)18-3-2-9-20-21-18)12-25-15-6-4-14(5-7-15)8-10-24/h2-7,9,24H,8,10,12H2,1H3. The Labute approximate surface area is 145 Å². The number of ether oxygens (including phenoxy) is 1. The van der Waals surface area contributed by atoms with E-state index in [2.05, 4.69) is 21.4 Å². The van der Waals surface area contributed by atoms with Crippen LogP contribution in [0.15, 0.2) is 42.6 Å².